The molecular formula is C22H24N4O5. The Bertz CT molecular complexity index is 1100. The van der Waals surface area contributed by atoms with Gasteiger partial charge in [-0.1, -0.05) is 12.1 Å². The molecule has 9 heteroatoms. The zero-order valence-corrected chi connectivity index (χ0v) is 17.0. The van der Waals surface area contributed by atoms with Crippen molar-refractivity contribution in [3.63, 3.8) is 0 Å². The molecular weight excluding hydrogens is 400 g/mol. The van der Waals surface area contributed by atoms with Crippen molar-refractivity contribution >= 4 is 22.7 Å². The highest BCUT2D eigenvalue weighted by atomic mass is 16.5. The summed E-state index contributed by atoms with van der Waals surface area (Å²) in [6.45, 7) is 1.41. The van der Waals surface area contributed by atoms with Crippen LogP contribution in [0.2, 0.25) is 0 Å². The van der Waals surface area contributed by atoms with E-state index in [1.54, 1.807) is 35.2 Å². The van der Waals surface area contributed by atoms with Crippen LogP contribution in [0.3, 0.4) is 0 Å². The lowest BCUT2D eigenvalue weighted by atomic mass is 10.2. The fourth-order valence-electron chi connectivity index (χ4n) is 3.62. The Balaban J connectivity index is 1.44. The second-order valence-electron chi connectivity index (χ2n) is 7.42. The number of fused-ring (bicyclic) bond motifs is 1. The van der Waals surface area contributed by atoms with E-state index in [0.717, 1.165) is 12.8 Å². The molecule has 0 radical (unpaired) electrons. The molecule has 2 aromatic heterocycles. The Labute approximate surface area is 178 Å². The lowest BCUT2D eigenvalue weighted by Crippen LogP contribution is -2.39. The van der Waals surface area contributed by atoms with Gasteiger partial charge in [-0.3, -0.25) is 14.4 Å². The van der Waals surface area contributed by atoms with Gasteiger partial charge < -0.3 is 24.4 Å². The number of para-hydroxylation sites is 1. The molecule has 1 atom stereocenters. The molecule has 3 heterocycles. The summed E-state index contributed by atoms with van der Waals surface area (Å²) in [6, 6.07) is 10.3. The zero-order valence-electron chi connectivity index (χ0n) is 17.0. The van der Waals surface area contributed by atoms with E-state index in [1.807, 2.05) is 6.07 Å². The van der Waals surface area contributed by atoms with Crippen molar-refractivity contribution in [2.24, 2.45) is 0 Å². The minimum atomic E-state index is -0.371. The summed E-state index contributed by atoms with van der Waals surface area (Å²) in [4.78, 5) is 46.2. The van der Waals surface area contributed by atoms with E-state index in [4.69, 9.17) is 9.15 Å². The van der Waals surface area contributed by atoms with Crippen LogP contribution in [0.1, 0.15) is 35.6 Å². The van der Waals surface area contributed by atoms with Crippen molar-refractivity contribution in [1.82, 2.24) is 20.2 Å². The first-order chi connectivity index (χ1) is 15.1. The van der Waals surface area contributed by atoms with Crippen LogP contribution >= 0.6 is 0 Å². The molecule has 9 nitrogen and oxygen atoms in total. The molecule has 0 aliphatic carbocycles. The summed E-state index contributed by atoms with van der Waals surface area (Å²) in [5.74, 6) is 0.0753. The highest BCUT2D eigenvalue weighted by Gasteiger charge is 2.23. The van der Waals surface area contributed by atoms with Gasteiger partial charge in [-0.05, 0) is 37.1 Å². The number of aromatic nitrogens is 2. The smallest absolute Gasteiger partial charge is 0.286 e. The molecule has 162 valence electrons. The van der Waals surface area contributed by atoms with E-state index in [9.17, 15) is 14.4 Å². The number of carbonyl (C=O) groups excluding carboxylic acids is 2. The molecule has 0 bridgehead atoms. The third kappa shape index (κ3) is 5.18. The van der Waals surface area contributed by atoms with Crippen LogP contribution in [-0.2, 0) is 16.1 Å². The molecule has 0 spiro atoms. The Hall–Kier alpha value is -3.46. The lowest BCUT2D eigenvalue weighted by molar-refractivity contribution is -0.133. The van der Waals surface area contributed by atoms with E-state index >= 15 is 0 Å². The van der Waals surface area contributed by atoms with Crippen LogP contribution in [-0.4, -0.2) is 52.5 Å². The zero-order chi connectivity index (χ0) is 21.6. The maximum Gasteiger partial charge on any atom is 0.286 e. The number of nitrogens with one attached hydrogen (secondary N) is 2. The monoisotopic (exact) mass is 424 g/mol. The van der Waals surface area contributed by atoms with E-state index in [1.165, 1.54) is 6.26 Å². The third-order valence-electron chi connectivity index (χ3n) is 5.17. The molecule has 3 aromatic rings. The number of H-pyrrole nitrogens is 1. The number of benzene rings is 1. The first-order valence-corrected chi connectivity index (χ1v) is 10.3. The van der Waals surface area contributed by atoms with Crippen LogP contribution in [0.5, 0.6) is 0 Å². The van der Waals surface area contributed by atoms with Crippen LogP contribution in [0.25, 0.3) is 10.9 Å². The van der Waals surface area contributed by atoms with Crippen LogP contribution in [0, 0.1) is 0 Å². The first-order valence-electron chi connectivity index (χ1n) is 10.3. The molecule has 1 aliphatic heterocycles. The third-order valence-corrected chi connectivity index (χ3v) is 5.17. The Morgan fingerprint density at radius 1 is 1.23 bits per heavy atom. The standard InChI is InChI=1S/C22H24N4O5/c27-20(9-10-23-22(29)18-8-4-12-31-18)26(13-15-5-3-11-30-15)14-19-24-17-7-2-1-6-16(17)21(28)25-19/h1-2,4,6-8,12,15H,3,5,9-11,13-14H2,(H,23,29)(H,24,25,28). The molecule has 4 rings (SSSR count). The summed E-state index contributed by atoms with van der Waals surface area (Å²) < 4.78 is 10.7. The lowest BCUT2D eigenvalue weighted by Gasteiger charge is -2.25. The molecule has 1 unspecified atom stereocenters. The second kappa shape index (κ2) is 9.57. The van der Waals surface area contributed by atoms with Crippen molar-refractivity contribution < 1.29 is 18.7 Å². The van der Waals surface area contributed by atoms with E-state index in [2.05, 4.69) is 15.3 Å². The minimum absolute atomic E-state index is 0.0474. The van der Waals surface area contributed by atoms with Crippen LogP contribution in [0.4, 0.5) is 0 Å². The summed E-state index contributed by atoms with van der Waals surface area (Å²) in [7, 11) is 0. The van der Waals surface area contributed by atoms with E-state index < -0.39 is 0 Å². The summed E-state index contributed by atoms with van der Waals surface area (Å²) in [5.41, 5.74) is 0.340. The van der Waals surface area contributed by atoms with Gasteiger partial charge >= 0.3 is 0 Å². The molecule has 1 saturated heterocycles. The fourth-order valence-corrected chi connectivity index (χ4v) is 3.62. The summed E-state index contributed by atoms with van der Waals surface area (Å²) >= 11 is 0. The Kier molecular flexibility index (Phi) is 6.42. The molecule has 2 N–H and O–H groups in total. The predicted molar refractivity (Wildman–Crippen MR) is 112 cm³/mol. The van der Waals surface area contributed by atoms with E-state index in [-0.39, 0.29) is 48.7 Å². The van der Waals surface area contributed by atoms with Gasteiger partial charge in [0.25, 0.3) is 11.5 Å². The fraction of sp³-hybridized carbons (Fsp3) is 0.364. The largest absolute Gasteiger partial charge is 0.459 e. The van der Waals surface area contributed by atoms with Gasteiger partial charge in [0.05, 0.1) is 29.8 Å². The number of amides is 2. The number of ether oxygens (including phenoxy) is 1. The summed E-state index contributed by atoms with van der Waals surface area (Å²) in [5, 5.41) is 3.18. The van der Waals surface area contributed by atoms with Crippen molar-refractivity contribution in [3.8, 4) is 0 Å². The number of rotatable bonds is 8. The van der Waals surface area contributed by atoms with E-state index in [0.29, 0.717) is 29.9 Å². The average molecular weight is 424 g/mol. The molecule has 1 aliphatic rings. The first kappa shape index (κ1) is 20.8. The highest BCUT2D eigenvalue weighted by molar-refractivity contribution is 5.91. The highest BCUT2D eigenvalue weighted by Crippen LogP contribution is 2.15. The molecule has 1 aromatic carbocycles. The number of nitrogens with zero attached hydrogens (tertiary/aromatic N) is 2. The van der Waals surface area contributed by atoms with Gasteiger partial charge in [0.15, 0.2) is 5.76 Å². The summed E-state index contributed by atoms with van der Waals surface area (Å²) in [6.07, 6.45) is 3.31. The van der Waals surface area contributed by atoms with Gasteiger partial charge in [-0.2, -0.15) is 0 Å². The molecule has 2 amide bonds. The van der Waals surface area contributed by atoms with Crippen LogP contribution in [0.15, 0.2) is 51.9 Å². The SMILES string of the molecule is O=C(NCCC(=O)N(Cc1nc2ccccc2c(=O)[nH]1)CC1CCCO1)c1ccco1. The number of aromatic amines is 1. The van der Waals surface area contributed by atoms with Crippen LogP contribution < -0.4 is 10.9 Å². The maximum absolute atomic E-state index is 12.9. The van der Waals surface area contributed by atoms with Crippen molar-refractivity contribution in [2.45, 2.75) is 31.9 Å². The van der Waals surface area contributed by atoms with Crippen molar-refractivity contribution in [3.05, 3.63) is 64.6 Å². The number of carbonyl (C=O) groups is 2. The van der Waals surface area contributed by atoms with Gasteiger partial charge in [-0.15, -0.1) is 0 Å². The normalized spacial score (nSPS) is 15.8. The molecule has 1 fully saturated rings. The quantitative estimate of drug-likeness (QED) is 0.570. The number of hydrogen-bond donors (Lipinski definition) is 2. The van der Waals surface area contributed by atoms with Gasteiger partial charge in [0, 0.05) is 26.1 Å². The Morgan fingerprint density at radius 2 is 2.10 bits per heavy atom. The minimum Gasteiger partial charge on any atom is -0.459 e. The topological polar surface area (TPSA) is 118 Å². The molecule has 31 heavy (non-hydrogen) atoms. The van der Waals surface area contributed by atoms with Gasteiger partial charge in [0.1, 0.15) is 5.82 Å². The molecule has 0 saturated carbocycles. The number of furan rings is 1. The van der Waals surface area contributed by atoms with Gasteiger partial charge in [0.2, 0.25) is 5.91 Å². The average Bonchev–Trinajstić information content (AvgIpc) is 3.47. The second-order valence-corrected chi connectivity index (χ2v) is 7.42. The Morgan fingerprint density at radius 3 is 2.87 bits per heavy atom. The predicted octanol–water partition coefficient (Wildman–Crippen LogP) is 1.84. The number of hydrogen-bond acceptors (Lipinski definition) is 6. The van der Waals surface area contributed by atoms with Crippen molar-refractivity contribution in [2.75, 3.05) is 19.7 Å². The van der Waals surface area contributed by atoms with Gasteiger partial charge in [-0.25, -0.2) is 4.98 Å². The maximum atomic E-state index is 12.9. The van der Waals surface area contributed by atoms with Crippen molar-refractivity contribution in [1.29, 1.82) is 0 Å².